The van der Waals surface area contributed by atoms with Crippen LogP contribution in [0.2, 0.25) is 0 Å². The van der Waals surface area contributed by atoms with E-state index in [1.165, 1.54) is 33.2 Å². The number of ether oxygens (including phenoxy) is 4. The SMILES string of the molecule is CC[C@]1(O)C[C@@H]2CN(CCc3c([nH]c4ccccc34)[C@@](C(=O)OC)(c3cc4c(cc3OC)N(C=O)[C@H]3[C@@](O)(C(=O)OC)[C@H](OC(C)=O)[C@]5(CC)C=CCN6CC[C@]43[C@@H]65)C2)C1.O=C1CC[C@@H](C(=O)O)N1.O=C1CC[C@@H](C(=O)O)N1. The molecule has 1 saturated carbocycles. The quantitative estimate of drug-likeness (QED) is 0.0663. The third-order valence-electron chi connectivity index (χ3n) is 18.1. The number of esters is 3. The highest BCUT2D eigenvalue weighted by Gasteiger charge is 2.81. The molecular weight excluding hydrogens is 1010 g/mol. The third-order valence-corrected chi connectivity index (χ3v) is 18.1. The van der Waals surface area contributed by atoms with E-state index in [2.05, 4.69) is 31.5 Å². The van der Waals surface area contributed by atoms with Crippen molar-refractivity contribution in [3.05, 3.63) is 70.9 Å². The molecule has 1 aromatic heterocycles. The molecule has 2 bridgehead atoms. The molecule has 78 heavy (non-hydrogen) atoms. The molecule has 1 spiro atoms. The number of para-hydroxylation sites is 1. The van der Waals surface area contributed by atoms with Gasteiger partial charge in [-0.15, -0.1) is 0 Å². The number of carbonyl (C=O) groups excluding carboxylic acids is 6. The Kier molecular flexibility index (Phi) is 15.1. The summed E-state index contributed by atoms with van der Waals surface area (Å²) in [6, 6.07) is 8.69. The smallest absolute Gasteiger partial charge is 0.344 e. The van der Waals surface area contributed by atoms with Gasteiger partial charge >= 0.3 is 29.8 Å². The number of rotatable bonds is 10. The molecule has 12 atom stereocenters. The lowest BCUT2D eigenvalue weighted by Crippen LogP contribution is -2.81. The van der Waals surface area contributed by atoms with Crippen LogP contribution in [0.5, 0.6) is 5.75 Å². The van der Waals surface area contributed by atoms with Crippen molar-refractivity contribution in [2.24, 2.45) is 11.3 Å². The maximum Gasteiger partial charge on any atom is 0.344 e. The molecule has 22 nitrogen and oxygen atoms in total. The summed E-state index contributed by atoms with van der Waals surface area (Å²) in [4.78, 5) is 107. The van der Waals surface area contributed by atoms with E-state index < -0.39 is 87.6 Å². The standard InChI is InChI=1S/C46H56N4O10.2C5H7NO3/c1-7-42(55)22-28-23-45(40(53)58-5,36-30(14-18-48(24-28)25-42)29-12-9-10-13-33(29)47-36)32-20-31-34(21-35(32)57-4)50(26-51)38-44(31)16-19-49-17-11-15-43(8-2,37(44)49)39(60-27(3)52)46(38,56)41(54)59-6;2*7-4-2-1-3(6-4)5(8)9/h9-13,15,20-21,26,28,37-39,47,55-56H,7-8,14,16-19,22-25H2,1-6H3;2*3H,1-2H2,(H,6,7)(H,8,9)/t28-,37-,38+,39+,42-,43+,44+,45-,46-;2*3-/m000/s1. The van der Waals surface area contributed by atoms with Crippen LogP contribution in [0.25, 0.3) is 10.9 Å². The van der Waals surface area contributed by atoms with Crippen molar-refractivity contribution < 1.29 is 77.7 Å². The van der Waals surface area contributed by atoms with Crippen LogP contribution in [0.15, 0.2) is 48.6 Å². The van der Waals surface area contributed by atoms with E-state index in [9.17, 15) is 43.8 Å². The summed E-state index contributed by atoms with van der Waals surface area (Å²) in [5.74, 6) is -4.28. The number of hydrogen-bond acceptors (Lipinski definition) is 16. The molecule has 8 aliphatic rings. The highest BCUT2D eigenvalue weighted by Crippen LogP contribution is 2.68. The van der Waals surface area contributed by atoms with Crippen LogP contribution in [0, 0.1) is 11.3 Å². The van der Waals surface area contributed by atoms with Gasteiger partial charge in [0.05, 0.1) is 38.7 Å². The number of aliphatic carboxylic acids is 2. The molecule has 1 aliphatic carbocycles. The fourth-order valence-corrected chi connectivity index (χ4v) is 15.0. The molecule has 11 rings (SSSR count). The largest absolute Gasteiger partial charge is 0.496 e. The topological polar surface area (TPSA) is 304 Å². The van der Waals surface area contributed by atoms with E-state index in [0.717, 1.165) is 16.5 Å². The number of H-pyrrole nitrogens is 1. The predicted molar refractivity (Wildman–Crippen MR) is 278 cm³/mol. The number of nitrogens with zero attached hydrogens (tertiary/aromatic N) is 3. The monoisotopic (exact) mass is 1080 g/mol. The first-order chi connectivity index (χ1) is 37.2. The Balaban J connectivity index is 0.000000347. The van der Waals surface area contributed by atoms with Crippen molar-refractivity contribution in [3.63, 3.8) is 0 Å². The van der Waals surface area contributed by atoms with Gasteiger partial charge in [0, 0.05) is 91.0 Å². The van der Waals surface area contributed by atoms with Crippen LogP contribution in [0.1, 0.15) is 101 Å². The van der Waals surface area contributed by atoms with Gasteiger partial charge in [-0.2, -0.15) is 0 Å². The fraction of sp³-hybridized carbons (Fsp3) is 0.571. The van der Waals surface area contributed by atoms with Gasteiger partial charge in [0.2, 0.25) is 23.8 Å². The lowest BCUT2D eigenvalue weighted by atomic mass is 9.47. The first-order valence-corrected chi connectivity index (χ1v) is 26.7. The van der Waals surface area contributed by atoms with E-state index >= 15 is 4.79 Å². The fourth-order valence-electron chi connectivity index (χ4n) is 15.0. The Hall–Kier alpha value is -6.88. The third kappa shape index (κ3) is 8.78. The number of aromatic nitrogens is 1. The van der Waals surface area contributed by atoms with E-state index in [1.807, 2.05) is 50.3 Å². The second kappa shape index (κ2) is 21.1. The summed E-state index contributed by atoms with van der Waals surface area (Å²) in [6.45, 7) is 8.16. The minimum atomic E-state index is -2.53. The van der Waals surface area contributed by atoms with Gasteiger partial charge in [-0.3, -0.25) is 33.8 Å². The molecule has 0 radical (unpaired) electrons. The molecule has 7 aliphatic heterocycles. The number of fused-ring (bicyclic) bond motifs is 6. The molecule has 1 unspecified atom stereocenters. The Morgan fingerprint density at radius 2 is 1.50 bits per heavy atom. The maximum absolute atomic E-state index is 15.3. The number of anilines is 1. The van der Waals surface area contributed by atoms with Crippen molar-refractivity contribution in [3.8, 4) is 5.75 Å². The zero-order valence-electron chi connectivity index (χ0n) is 44.8. The van der Waals surface area contributed by atoms with E-state index in [0.29, 0.717) is 125 Å². The average molecular weight is 1080 g/mol. The average Bonchev–Trinajstić information content (AvgIpc) is 4.44. The van der Waals surface area contributed by atoms with E-state index in [1.54, 1.807) is 6.07 Å². The van der Waals surface area contributed by atoms with Gasteiger partial charge < -0.3 is 59.9 Å². The van der Waals surface area contributed by atoms with Crippen LogP contribution < -0.4 is 20.3 Å². The van der Waals surface area contributed by atoms with Gasteiger partial charge in [-0.1, -0.05) is 44.2 Å². The van der Waals surface area contributed by atoms with Crippen molar-refractivity contribution in [1.82, 2.24) is 25.4 Å². The van der Waals surface area contributed by atoms with Crippen LogP contribution in [0.3, 0.4) is 0 Å². The summed E-state index contributed by atoms with van der Waals surface area (Å²) >= 11 is 0. The number of methoxy groups -OCH3 is 3. The van der Waals surface area contributed by atoms with Gasteiger partial charge in [-0.05, 0) is 87.1 Å². The van der Waals surface area contributed by atoms with Crippen molar-refractivity contribution in [2.75, 3.05) is 59.0 Å². The molecule has 3 amide bonds. The molecule has 5 fully saturated rings. The molecule has 3 aromatic rings. The summed E-state index contributed by atoms with van der Waals surface area (Å²) < 4.78 is 23.7. The maximum atomic E-state index is 15.3. The van der Waals surface area contributed by atoms with E-state index in [-0.39, 0.29) is 24.2 Å². The van der Waals surface area contributed by atoms with Gasteiger partial charge in [0.15, 0.2) is 6.10 Å². The summed E-state index contributed by atoms with van der Waals surface area (Å²) in [6.07, 6.45) is 7.37. The van der Waals surface area contributed by atoms with Crippen molar-refractivity contribution in [2.45, 2.75) is 137 Å². The number of benzene rings is 2. The molecule has 420 valence electrons. The zero-order valence-corrected chi connectivity index (χ0v) is 44.8. The second-order valence-corrected chi connectivity index (χ2v) is 22.1. The lowest BCUT2D eigenvalue weighted by molar-refractivity contribution is -0.228. The summed E-state index contributed by atoms with van der Waals surface area (Å²) in [5, 5.41) is 47.5. The van der Waals surface area contributed by atoms with Gasteiger partial charge in [0.1, 0.15) is 23.2 Å². The number of carboxylic acids is 2. The molecule has 2 aromatic carbocycles. The normalized spacial score (nSPS) is 34.0. The van der Waals surface area contributed by atoms with E-state index in [4.69, 9.17) is 29.2 Å². The molecule has 8 heterocycles. The highest BCUT2D eigenvalue weighted by molar-refractivity contribution is 5.97. The molecular formula is C56H70N6O16. The van der Waals surface area contributed by atoms with Crippen molar-refractivity contribution in [1.29, 1.82) is 0 Å². The Morgan fingerprint density at radius 3 is 2.05 bits per heavy atom. The number of piperidine rings is 1. The van der Waals surface area contributed by atoms with Crippen LogP contribution >= 0.6 is 0 Å². The second-order valence-electron chi connectivity index (χ2n) is 22.1. The number of amides is 3. The van der Waals surface area contributed by atoms with Crippen LogP contribution in [0.4, 0.5) is 5.69 Å². The number of carboxylic acid groups (broad SMARTS) is 2. The molecule has 22 heteroatoms. The Morgan fingerprint density at radius 1 is 0.833 bits per heavy atom. The molecule has 7 N–H and O–H groups in total. The van der Waals surface area contributed by atoms with Crippen LogP contribution in [-0.4, -0.2) is 179 Å². The Bertz CT molecular complexity index is 2930. The number of aliphatic hydroxyl groups is 2. The minimum absolute atomic E-state index is 0.155. The van der Waals surface area contributed by atoms with Crippen LogP contribution in [-0.2, 0) is 69.8 Å². The first-order valence-electron chi connectivity index (χ1n) is 26.7. The number of nitrogens with one attached hydrogen (secondary N) is 3. The summed E-state index contributed by atoms with van der Waals surface area (Å²) in [7, 11) is 4.09. The lowest BCUT2D eigenvalue weighted by Gasteiger charge is -2.63. The highest BCUT2D eigenvalue weighted by atomic mass is 16.6. The van der Waals surface area contributed by atoms with Crippen molar-refractivity contribution >= 4 is 64.7 Å². The number of hydrogen-bond donors (Lipinski definition) is 7. The molecule has 4 saturated heterocycles. The Labute approximate surface area is 450 Å². The summed E-state index contributed by atoms with van der Waals surface area (Å²) in [5.41, 5.74) is -3.15. The van der Waals surface area contributed by atoms with Gasteiger partial charge in [0.25, 0.3) is 0 Å². The minimum Gasteiger partial charge on any atom is -0.496 e. The predicted octanol–water partition coefficient (Wildman–Crippen LogP) is 2.22. The number of carbonyl (C=O) groups is 8. The first kappa shape index (κ1) is 55.9. The zero-order chi connectivity index (χ0) is 56.3. The number of aromatic amines is 1. The van der Waals surface area contributed by atoms with Gasteiger partial charge in [-0.25, -0.2) is 14.4 Å².